The maximum atomic E-state index is 13.2. The van der Waals surface area contributed by atoms with Crippen LogP contribution >= 0.6 is 0 Å². The van der Waals surface area contributed by atoms with Crippen LogP contribution < -0.4 is 15.6 Å². The summed E-state index contributed by atoms with van der Waals surface area (Å²) in [6.07, 6.45) is 3.50. The summed E-state index contributed by atoms with van der Waals surface area (Å²) in [5, 5.41) is 12.3. The van der Waals surface area contributed by atoms with E-state index in [1.807, 2.05) is 45.0 Å². The number of nitrogens with zero attached hydrogens (tertiary/aromatic N) is 3. The van der Waals surface area contributed by atoms with Gasteiger partial charge in [0.25, 0.3) is 11.5 Å². The first kappa shape index (κ1) is 23.7. The van der Waals surface area contributed by atoms with E-state index in [2.05, 4.69) is 10.3 Å². The highest BCUT2D eigenvalue weighted by atomic mass is 16.5. The summed E-state index contributed by atoms with van der Waals surface area (Å²) in [5.74, 6) is -0.0414. The van der Waals surface area contributed by atoms with Gasteiger partial charge in [-0.2, -0.15) is 10.2 Å². The van der Waals surface area contributed by atoms with Gasteiger partial charge in [-0.25, -0.2) is 0 Å². The van der Waals surface area contributed by atoms with Gasteiger partial charge in [-0.1, -0.05) is 24.3 Å². The number of fused-ring (bicyclic) bond motifs is 1. The molecule has 3 rings (SSSR count). The van der Waals surface area contributed by atoms with Crippen molar-refractivity contribution < 1.29 is 14.3 Å². The monoisotopic (exact) mass is 446 g/mol. The van der Waals surface area contributed by atoms with Crippen LogP contribution in [0.1, 0.15) is 31.4 Å². The predicted molar refractivity (Wildman–Crippen MR) is 125 cm³/mol. The van der Waals surface area contributed by atoms with Crippen LogP contribution in [-0.2, 0) is 9.53 Å². The summed E-state index contributed by atoms with van der Waals surface area (Å²) < 4.78 is 12.7. The number of pyridine rings is 1. The molecule has 0 fully saturated rings. The average molecular weight is 447 g/mol. The van der Waals surface area contributed by atoms with Crippen molar-refractivity contribution in [2.45, 2.75) is 33.3 Å². The second kappa shape index (κ2) is 11.1. The van der Waals surface area contributed by atoms with Crippen molar-refractivity contribution >= 4 is 17.6 Å². The van der Waals surface area contributed by atoms with Crippen molar-refractivity contribution in [1.29, 1.82) is 5.26 Å². The summed E-state index contributed by atoms with van der Waals surface area (Å²) in [6.45, 7) is 6.57. The molecular formula is C25H26N4O4. The molecule has 8 heteroatoms. The summed E-state index contributed by atoms with van der Waals surface area (Å²) >= 11 is 0. The summed E-state index contributed by atoms with van der Waals surface area (Å²) in [5.41, 5.74) is 0.580. The first-order valence-corrected chi connectivity index (χ1v) is 10.7. The van der Waals surface area contributed by atoms with Gasteiger partial charge in [0, 0.05) is 19.3 Å². The molecule has 2 heterocycles. The van der Waals surface area contributed by atoms with Gasteiger partial charge in [0.1, 0.15) is 28.6 Å². The molecule has 33 heavy (non-hydrogen) atoms. The number of benzene rings is 1. The molecule has 2 aromatic heterocycles. The van der Waals surface area contributed by atoms with Crippen LogP contribution in [-0.4, -0.2) is 34.5 Å². The van der Waals surface area contributed by atoms with Gasteiger partial charge < -0.3 is 14.8 Å². The van der Waals surface area contributed by atoms with E-state index >= 15 is 0 Å². The number of hydrogen-bond donors (Lipinski definition) is 1. The third kappa shape index (κ3) is 6.05. The average Bonchev–Trinajstić information content (AvgIpc) is 2.80. The van der Waals surface area contributed by atoms with Gasteiger partial charge in [-0.3, -0.25) is 14.0 Å². The summed E-state index contributed by atoms with van der Waals surface area (Å²) in [4.78, 5) is 30.2. The minimum atomic E-state index is -0.582. The Hall–Kier alpha value is -3.96. The van der Waals surface area contributed by atoms with E-state index in [0.29, 0.717) is 31.0 Å². The van der Waals surface area contributed by atoms with Crippen LogP contribution in [0.15, 0.2) is 59.0 Å². The lowest BCUT2D eigenvalue weighted by molar-refractivity contribution is -0.117. The molecule has 0 aliphatic rings. The molecule has 0 saturated carbocycles. The number of nitrogens with one attached hydrogen (secondary N) is 1. The highest BCUT2D eigenvalue weighted by Gasteiger charge is 2.17. The molecule has 3 aromatic rings. The number of hydrogen-bond acceptors (Lipinski definition) is 6. The summed E-state index contributed by atoms with van der Waals surface area (Å²) in [7, 11) is 0. The normalized spacial score (nSPS) is 11.4. The zero-order chi connectivity index (χ0) is 23.8. The van der Waals surface area contributed by atoms with E-state index < -0.39 is 11.5 Å². The van der Waals surface area contributed by atoms with Crippen LogP contribution in [0.25, 0.3) is 11.7 Å². The van der Waals surface area contributed by atoms with Crippen LogP contribution in [0.4, 0.5) is 0 Å². The molecule has 8 nitrogen and oxygen atoms in total. The van der Waals surface area contributed by atoms with Gasteiger partial charge in [0.2, 0.25) is 5.88 Å². The zero-order valence-electron chi connectivity index (χ0n) is 18.9. The van der Waals surface area contributed by atoms with Crippen LogP contribution in [0, 0.1) is 18.3 Å². The lowest BCUT2D eigenvalue weighted by Crippen LogP contribution is -2.27. The van der Waals surface area contributed by atoms with E-state index in [4.69, 9.17) is 9.47 Å². The Balaban J connectivity index is 1.95. The number of nitriles is 1. The number of ether oxygens (including phenoxy) is 2. The lowest BCUT2D eigenvalue weighted by Gasteiger charge is -2.12. The Morgan fingerprint density at radius 2 is 2.00 bits per heavy atom. The molecule has 0 bridgehead atoms. The molecule has 0 unspecified atom stereocenters. The molecule has 0 radical (unpaired) electrons. The number of aryl methyl sites for hydroxylation is 1. The Morgan fingerprint density at radius 1 is 1.24 bits per heavy atom. The number of carbonyl (C=O) groups is 1. The quantitative estimate of drug-likeness (QED) is 0.306. The minimum Gasteiger partial charge on any atom is -0.438 e. The van der Waals surface area contributed by atoms with Gasteiger partial charge in [-0.05, 0) is 57.0 Å². The van der Waals surface area contributed by atoms with Crippen molar-refractivity contribution in [1.82, 2.24) is 14.7 Å². The first-order chi connectivity index (χ1) is 15.9. The van der Waals surface area contributed by atoms with E-state index in [9.17, 15) is 14.9 Å². The minimum absolute atomic E-state index is 0.0109. The largest absolute Gasteiger partial charge is 0.438 e. The number of rotatable bonds is 9. The Bertz CT molecular complexity index is 1270. The van der Waals surface area contributed by atoms with Crippen molar-refractivity contribution in [2.75, 3.05) is 13.2 Å². The number of para-hydroxylation sites is 1. The fourth-order valence-corrected chi connectivity index (χ4v) is 3.04. The Labute approximate surface area is 192 Å². The Morgan fingerprint density at radius 3 is 2.73 bits per heavy atom. The maximum Gasteiger partial charge on any atom is 0.269 e. The fraction of sp³-hybridized carbons (Fsp3) is 0.280. The van der Waals surface area contributed by atoms with Gasteiger partial charge in [0.15, 0.2) is 0 Å². The molecular weight excluding hydrogens is 420 g/mol. The molecule has 1 aromatic carbocycles. The van der Waals surface area contributed by atoms with E-state index in [1.54, 1.807) is 30.5 Å². The maximum absolute atomic E-state index is 13.2. The highest BCUT2D eigenvalue weighted by Crippen LogP contribution is 2.26. The Kier molecular flexibility index (Phi) is 7.95. The van der Waals surface area contributed by atoms with Crippen molar-refractivity contribution in [3.63, 3.8) is 0 Å². The molecule has 0 saturated heterocycles. The SMILES string of the molecule is Cc1ccccc1Oc1nc2ccccn2c(=O)c1/C=C(\C#N)C(=O)NCCCOC(C)C. The van der Waals surface area contributed by atoms with Crippen molar-refractivity contribution in [3.05, 3.63) is 75.7 Å². The molecule has 1 N–H and O–H groups in total. The third-order valence-electron chi connectivity index (χ3n) is 4.75. The summed E-state index contributed by atoms with van der Waals surface area (Å²) in [6, 6.07) is 14.3. The number of amides is 1. The zero-order valence-corrected chi connectivity index (χ0v) is 18.9. The van der Waals surface area contributed by atoms with Gasteiger partial charge in [-0.15, -0.1) is 0 Å². The molecule has 0 spiro atoms. The molecule has 170 valence electrons. The lowest BCUT2D eigenvalue weighted by atomic mass is 10.1. The second-order valence-corrected chi connectivity index (χ2v) is 7.63. The smallest absolute Gasteiger partial charge is 0.269 e. The number of carbonyl (C=O) groups excluding carboxylic acids is 1. The highest BCUT2D eigenvalue weighted by molar-refractivity contribution is 6.01. The number of aromatic nitrogens is 2. The van der Waals surface area contributed by atoms with Crippen LogP contribution in [0.3, 0.4) is 0 Å². The molecule has 0 aliphatic carbocycles. The first-order valence-electron chi connectivity index (χ1n) is 10.7. The van der Waals surface area contributed by atoms with Crippen LogP contribution in [0.5, 0.6) is 11.6 Å². The molecule has 1 amide bonds. The van der Waals surface area contributed by atoms with E-state index in [0.717, 1.165) is 5.56 Å². The fourth-order valence-electron chi connectivity index (χ4n) is 3.04. The van der Waals surface area contributed by atoms with E-state index in [-0.39, 0.29) is 23.1 Å². The van der Waals surface area contributed by atoms with E-state index in [1.165, 1.54) is 10.5 Å². The van der Waals surface area contributed by atoms with Gasteiger partial charge in [0.05, 0.1) is 6.10 Å². The van der Waals surface area contributed by atoms with Crippen molar-refractivity contribution in [3.8, 4) is 17.7 Å². The third-order valence-corrected chi connectivity index (χ3v) is 4.75. The van der Waals surface area contributed by atoms with Gasteiger partial charge >= 0.3 is 0 Å². The predicted octanol–water partition coefficient (Wildman–Crippen LogP) is 3.63. The molecule has 0 aliphatic heterocycles. The second-order valence-electron chi connectivity index (χ2n) is 7.63. The topological polar surface area (TPSA) is 106 Å². The van der Waals surface area contributed by atoms with Crippen LogP contribution in [0.2, 0.25) is 0 Å². The van der Waals surface area contributed by atoms with Crippen molar-refractivity contribution in [2.24, 2.45) is 0 Å². The standard InChI is InChI=1S/C25H26N4O4/c1-17(2)32-14-8-12-27-23(30)19(16-26)15-20-24(33-21-10-5-4-9-18(21)3)28-22-11-6-7-13-29(22)25(20)31/h4-7,9-11,13,15,17H,8,12,14H2,1-3H3,(H,27,30)/b19-15+. The molecule has 0 atom stereocenters.